The van der Waals surface area contributed by atoms with Crippen LogP contribution in [0.2, 0.25) is 0 Å². The van der Waals surface area contributed by atoms with E-state index in [-0.39, 0.29) is 6.61 Å². The van der Waals surface area contributed by atoms with Crippen LogP contribution < -0.4 is 9.64 Å². The Balaban J connectivity index is 1.70. The van der Waals surface area contributed by atoms with Gasteiger partial charge in [-0.25, -0.2) is 9.78 Å². The number of aliphatic hydroxyl groups is 1. The number of ether oxygens (including phenoxy) is 2. The molecule has 0 bridgehead atoms. The molecule has 1 aliphatic heterocycles. The standard InChI is InChI=1S/C24H26N4O4/c1-26-22-17(12-16(24(30)32-3)14-20(22)31-2)25-23(26)19-13-15-6-4-7-18-21(15)28(19)10-9-27(18)8-5-11-29/h4,6-7,12-14,29H,5,8-11H2,1-3H3. The molecule has 1 N–H and O–H groups in total. The highest BCUT2D eigenvalue weighted by atomic mass is 16.5. The molecule has 32 heavy (non-hydrogen) atoms. The lowest BCUT2D eigenvalue weighted by Crippen LogP contribution is -2.32. The van der Waals surface area contributed by atoms with E-state index in [1.807, 2.05) is 11.6 Å². The number of aryl methyl sites for hydroxylation is 1. The predicted octanol–water partition coefficient (Wildman–Crippen LogP) is 3.19. The van der Waals surface area contributed by atoms with Gasteiger partial charge < -0.3 is 28.6 Å². The third-order valence-electron chi connectivity index (χ3n) is 6.22. The monoisotopic (exact) mass is 434 g/mol. The predicted molar refractivity (Wildman–Crippen MR) is 123 cm³/mol. The van der Waals surface area contributed by atoms with Gasteiger partial charge >= 0.3 is 5.97 Å². The molecule has 5 rings (SSSR count). The first-order valence-corrected chi connectivity index (χ1v) is 10.7. The van der Waals surface area contributed by atoms with E-state index >= 15 is 0 Å². The highest BCUT2D eigenvalue weighted by Gasteiger charge is 2.25. The zero-order valence-electron chi connectivity index (χ0n) is 18.5. The van der Waals surface area contributed by atoms with Gasteiger partial charge in [0.25, 0.3) is 0 Å². The molecule has 0 amide bonds. The Bertz CT molecular complexity index is 1340. The van der Waals surface area contributed by atoms with Crippen molar-refractivity contribution < 1.29 is 19.4 Å². The number of nitrogens with zero attached hydrogens (tertiary/aromatic N) is 4. The Morgan fingerprint density at radius 1 is 1.16 bits per heavy atom. The van der Waals surface area contributed by atoms with Gasteiger partial charge in [0.05, 0.1) is 42.2 Å². The third kappa shape index (κ3) is 3.02. The number of imidazole rings is 1. The lowest BCUT2D eigenvalue weighted by molar-refractivity contribution is 0.0600. The van der Waals surface area contributed by atoms with Crippen LogP contribution in [0.4, 0.5) is 5.69 Å². The van der Waals surface area contributed by atoms with E-state index in [9.17, 15) is 9.90 Å². The number of hydrogen-bond acceptors (Lipinski definition) is 6. The van der Waals surface area contributed by atoms with Crippen LogP contribution in [0.25, 0.3) is 33.5 Å². The summed E-state index contributed by atoms with van der Waals surface area (Å²) in [5.74, 6) is 0.967. The molecule has 8 heteroatoms. The number of carbonyl (C=O) groups is 1. The van der Waals surface area contributed by atoms with Crippen molar-refractivity contribution in [2.45, 2.75) is 13.0 Å². The summed E-state index contributed by atoms with van der Waals surface area (Å²) in [6.45, 7) is 2.71. The Kier molecular flexibility index (Phi) is 5.01. The number of para-hydroxylation sites is 1. The normalized spacial score (nSPS) is 13.2. The van der Waals surface area contributed by atoms with Crippen molar-refractivity contribution in [2.24, 2.45) is 7.05 Å². The third-order valence-corrected chi connectivity index (χ3v) is 6.22. The van der Waals surface area contributed by atoms with Gasteiger partial charge in [0.1, 0.15) is 11.3 Å². The molecule has 0 fully saturated rings. The molecule has 0 atom stereocenters. The van der Waals surface area contributed by atoms with E-state index < -0.39 is 5.97 Å². The minimum Gasteiger partial charge on any atom is -0.494 e. The maximum atomic E-state index is 12.1. The van der Waals surface area contributed by atoms with Crippen LogP contribution in [0.1, 0.15) is 16.8 Å². The lowest BCUT2D eigenvalue weighted by Gasteiger charge is -2.31. The number of aromatic nitrogens is 3. The van der Waals surface area contributed by atoms with Crippen molar-refractivity contribution in [1.29, 1.82) is 0 Å². The number of carbonyl (C=O) groups excluding carboxylic acids is 1. The number of anilines is 1. The summed E-state index contributed by atoms with van der Waals surface area (Å²) in [6.07, 6.45) is 0.747. The quantitative estimate of drug-likeness (QED) is 0.470. The van der Waals surface area contributed by atoms with Crippen molar-refractivity contribution in [3.05, 3.63) is 42.0 Å². The topological polar surface area (TPSA) is 81.8 Å². The van der Waals surface area contributed by atoms with E-state index in [2.05, 4.69) is 33.7 Å². The first-order chi connectivity index (χ1) is 15.6. The Morgan fingerprint density at radius 3 is 2.75 bits per heavy atom. The van der Waals surface area contributed by atoms with Crippen molar-refractivity contribution in [1.82, 2.24) is 14.1 Å². The van der Waals surface area contributed by atoms with Gasteiger partial charge in [-0.3, -0.25) is 0 Å². The number of aliphatic hydroxyl groups excluding tert-OH is 1. The van der Waals surface area contributed by atoms with Crippen molar-refractivity contribution >= 4 is 33.6 Å². The van der Waals surface area contributed by atoms with Crippen LogP contribution in [0.15, 0.2) is 36.4 Å². The highest BCUT2D eigenvalue weighted by Crippen LogP contribution is 2.38. The lowest BCUT2D eigenvalue weighted by atomic mass is 10.1. The summed E-state index contributed by atoms with van der Waals surface area (Å²) in [5, 5.41) is 10.4. The maximum Gasteiger partial charge on any atom is 0.338 e. The minimum atomic E-state index is -0.423. The van der Waals surface area contributed by atoms with E-state index in [0.717, 1.165) is 48.5 Å². The number of benzene rings is 2. The second kappa shape index (κ2) is 7.87. The average Bonchev–Trinajstić information content (AvgIpc) is 3.36. The number of rotatable bonds is 6. The van der Waals surface area contributed by atoms with Gasteiger partial charge in [-0.05, 0) is 30.7 Å². The van der Waals surface area contributed by atoms with E-state index in [4.69, 9.17) is 14.5 Å². The molecule has 4 aromatic rings. The molecular formula is C24H26N4O4. The average molecular weight is 434 g/mol. The molecule has 0 saturated carbocycles. The van der Waals surface area contributed by atoms with Gasteiger partial charge in [0.15, 0.2) is 5.82 Å². The highest BCUT2D eigenvalue weighted by molar-refractivity contribution is 5.99. The smallest absolute Gasteiger partial charge is 0.338 e. The van der Waals surface area contributed by atoms with Gasteiger partial charge in [0, 0.05) is 38.7 Å². The van der Waals surface area contributed by atoms with Gasteiger partial charge in [-0.1, -0.05) is 12.1 Å². The fraction of sp³-hybridized carbons (Fsp3) is 0.333. The van der Waals surface area contributed by atoms with Gasteiger partial charge in [0.2, 0.25) is 0 Å². The zero-order valence-corrected chi connectivity index (χ0v) is 18.5. The molecule has 0 radical (unpaired) electrons. The summed E-state index contributed by atoms with van der Waals surface area (Å²) in [6, 6.07) is 11.9. The molecule has 3 heterocycles. The molecule has 0 unspecified atom stereocenters. The number of methoxy groups -OCH3 is 2. The van der Waals surface area contributed by atoms with Crippen molar-refractivity contribution in [3.8, 4) is 17.3 Å². The number of hydrogen-bond donors (Lipinski definition) is 1. The van der Waals surface area contributed by atoms with E-state index in [1.54, 1.807) is 19.2 Å². The Labute approximate surface area is 185 Å². The second-order valence-electron chi connectivity index (χ2n) is 7.99. The van der Waals surface area contributed by atoms with Crippen LogP contribution in [0, 0.1) is 0 Å². The first kappa shape index (κ1) is 20.4. The van der Waals surface area contributed by atoms with Crippen LogP contribution in [0.3, 0.4) is 0 Å². The second-order valence-corrected chi connectivity index (χ2v) is 7.99. The van der Waals surface area contributed by atoms with Gasteiger partial charge in [-0.15, -0.1) is 0 Å². The summed E-state index contributed by atoms with van der Waals surface area (Å²) < 4.78 is 14.8. The van der Waals surface area contributed by atoms with E-state index in [1.165, 1.54) is 18.3 Å². The SMILES string of the molecule is COC(=O)c1cc(OC)c2c(c1)nc(-c1cc3cccc4c3n1CCN4CCCO)n2C. The summed E-state index contributed by atoms with van der Waals surface area (Å²) in [7, 11) is 4.92. The fourth-order valence-electron chi connectivity index (χ4n) is 4.74. The molecule has 0 saturated heterocycles. The Hall–Kier alpha value is -3.52. The number of esters is 1. The van der Waals surface area contributed by atoms with Crippen LogP contribution in [-0.2, 0) is 18.3 Å². The molecule has 2 aromatic carbocycles. The summed E-state index contributed by atoms with van der Waals surface area (Å²) in [5.41, 5.74) is 5.30. The molecule has 0 aliphatic carbocycles. The largest absolute Gasteiger partial charge is 0.494 e. The molecule has 0 spiro atoms. The van der Waals surface area contributed by atoms with Crippen LogP contribution >= 0.6 is 0 Å². The molecule has 2 aromatic heterocycles. The van der Waals surface area contributed by atoms with Crippen LogP contribution in [-0.4, -0.2) is 59.1 Å². The minimum absolute atomic E-state index is 0.188. The number of fused-ring (bicyclic) bond motifs is 1. The maximum absolute atomic E-state index is 12.1. The molecular weight excluding hydrogens is 408 g/mol. The first-order valence-electron chi connectivity index (χ1n) is 10.7. The van der Waals surface area contributed by atoms with Crippen molar-refractivity contribution in [2.75, 3.05) is 38.8 Å². The fourth-order valence-corrected chi connectivity index (χ4v) is 4.74. The van der Waals surface area contributed by atoms with Crippen LogP contribution in [0.5, 0.6) is 5.75 Å². The zero-order chi connectivity index (χ0) is 22.4. The summed E-state index contributed by atoms with van der Waals surface area (Å²) >= 11 is 0. The summed E-state index contributed by atoms with van der Waals surface area (Å²) in [4.78, 5) is 19.4. The molecule has 166 valence electrons. The Morgan fingerprint density at radius 2 is 2.00 bits per heavy atom. The molecule has 1 aliphatic rings. The van der Waals surface area contributed by atoms with Crippen molar-refractivity contribution in [3.63, 3.8) is 0 Å². The molecule has 8 nitrogen and oxygen atoms in total. The van der Waals surface area contributed by atoms with Gasteiger partial charge in [-0.2, -0.15) is 0 Å². The van der Waals surface area contributed by atoms with E-state index in [0.29, 0.717) is 16.8 Å².